The van der Waals surface area contributed by atoms with Crippen LogP contribution in [-0.2, 0) is 11.3 Å². The number of halogens is 1. The van der Waals surface area contributed by atoms with Gasteiger partial charge in [-0.25, -0.2) is 0 Å². The molecule has 18 heavy (non-hydrogen) atoms. The molecular formula is C15H22ClNO. The third kappa shape index (κ3) is 3.47. The summed E-state index contributed by atoms with van der Waals surface area (Å²) in [4.78, 5) is 0. The Hall–Kier alpha value is -0.570. The summed E-state index contributed by atoms with van der Waals surface area (Å²) in [6.07, 6.45) is 3.81. The van der Waals surface area contributed by atoms with Gasteiger partial charge in [-0.05, 0) is 55.3 Å². The number of benzene rings is 1. The van der Waals surface area contributed by atoms with Gasteiger partial charge in [-0.1, -0.05) is 30.2 Å². The van der Waals surface area contributed by atoms with Gasteiger partial charge in [0.05, 0.1) is 13.2 Å². The summed E-state index contributed by atoms with van der Waals surface area (Å²) in [6.45, 7) is 4.25. The molecule has 1 aromatic carbocycles. The van der Waals surface area contributed by atoms with Crippen molar-refractivity contribution < 1.29 is 4.74 Å². The van der Waals surface area contributed by atoms with E-state index in [-0.39, 0.29) is 0 Å². The minimum Gasteiger partial charge on any atom is -0.376 e. The molecule has 3 heteroatoms. The average molecular weight is 268 g/mol. The lowest BCUT2D eigenvalue weighted by Crippen LogP contribution is -2.22. The van der Waals surface area contributed by atoms with E-state index in [4.69, 9.17) is 22.1 Å². The first-order valence-electron chi connectivity index (χ1n) is 6.73. The van der Waals surface area contributed by atoms with E-state index in [1.54, 1.807) is 0 Å². The second kappa shape index (κ2) is 6.55. The predicted molar refractivity (Wildman–Crippen MR) is 75.7 cm³/mol. The summed E-state index contributed by atoms with van der Waals surface area (Å²) in [6, 6.07) is 6.11. The highest BCUT2D eigenvalue weighted by Gasteiger charge is 2.25. The number of nitrogens with two attached hydrogens (primary N) is 1. The molecule has 1 aromatic rings. The molecule has 1 saturated carbocycles. The fraction of sp³-hybridized carbons (Fsp3) is 0.600. The maximum atomic E-state index is 6.18. The van der Waals surface area contributed by atoms with Crippen LogP contribution in [0.15, 0.2) is 18.2 Å². The number of hydrogen-bond acceptors (Lipinski definition) is 2. The van der Waals surface area contributed by atoms with Crippen LogP contribution in [-0.4, -0.2) is 13.2 Å². The Balaban J connectivity index is 1.81. The molecular weight excluding hydrogens is 246 g/mol. The highest BCUT2D eigenvalue weighted by Crippen LogP contribution is 2.31. The second-order valence-electron chi connectivity index (χ2n) is 5.30. The number of hydrogen-bond donors (Lipinski definition) is 1. The van der Waals surface area contributed by atoms with Gasteiger partial charge in [-0.3, -0.25) is 0 Å². The van der Waals surface area contributed by atoms with Gasteiger partial charge in [0, 0.05) is 5.02 Å². The van der Waals surface area contributed by atoms with Gasteiger partial charge >= 0.3 is 0 Å². The highest BCUT2D eigenvalue weighted by molar-refractivity contribution is 6.31. The fourth-order valence-electron chi connectivity index (χ4n) is 2.73. The van der Waals surface area contributed by atoms with Gasteiger partial charge in [0.2, 0.25) is 0 Å². The van der Waals surface area contributed by atoms with Crippen molar-refractivity contribution >= 4 is 11.6 Å². The van der Waals surface area contributed by atoms with Crippen LogP contribution in [0.2, 0.25) is 5.02 Å². The molecule has 1 aliphatic rings. The largest absolute Gasteiger partial charge is 0.376 e. The van der Waals surface area contributed by atoms with E-state index in [1.807, 2.05) is 19.1 Å². The molecule has 0 amide bonds. The molecule has 100 valence electrons. The molecule has 0 heterocycles. The van der Waals surface area contributed by atoms with Gasteiger partial charge in [-0.2, -0.15) is 0 Å². The van der Waals surface area contributed by atoms with E-state index >= 15 is 0 Å². The highest BCUT2D eigenvalue weighted by atomic mass is 35.5. The van der Waals surface area contributed by atoms with Gasteiger partial charge < -0.3 is 10.5 Å². The summed E-state index contributed by atoms with van der Waals surface area (Å²) in [7, 11) is 0. The maximum Gasteiger partial charge on any atom is 0.0731 e. The van der Waals surface area contributed by atoms with Gasteiger partial charge in [0.1, 0.15) is 0 Å². The Kier molecular flexibility index (Phi) is 5.04. The van der Waals surface area contributed by atoms with E-state index in [1.165, 1.54) is 24.8 Å². The van der Waals surface area contributed by atoms with E-state index in [9.17, 15) is 0 Å². The molecule has 0 aromatic heterocycles. The third-order valence-electron chi connectivity index (χ3n) is 3.92. The smallest absolute Gasteiger partial charge is 0.0731 e. The topological polar surface area (TPSA) is 35.2 Å². The molecule has 2 rings (SSSR count). The van der Waals surface area contributed by atoms with Crippen molar-refractivity contribution in [2.24, 2.45) is 17.6 Å². The molecule has 0 radical (unpaired) electrons. The van der Waals surface area contributed by atoms with Crippen molar-refractivity contribution in [3.05, 3.63) is 34.3 Å². The molecule has 2 nitrogen and oxygen atoms in total. The minimum atomic E-state index is 0.604. The molecule has 0 saturated heterocycles. The van der Waals surface area contributed by atoms with Crippen molar-refractivity contribution in [1.82, 2.24) is 0 Å². The summed E-state index contributed by atoms with van der Waals surface area (Å²) < 4.78 is 5.82. The normalized spacial score (nSPS) is 23.5. The summed E-state index contributed by atoms with van der Waals surface area (Å²) in [5.74, 6) is 1.29. The molecule has 0 spiro atoms. The Morgan fingerprint density at radius 1 is 1.33 bits per heavy atom. The Bertz CT molecular complexity index is 394. The van der Waals surface area contributed by atoms with E-state index in [2.05, 4.69) is 6.07 Å². The zero-order valence-corrected chi connectivity index (χ0v) is 11.7. The standard InChI is InChI=1S/C15H22ClNO/c1-11-5-6-14(15(16)7-11)10-18-9-13-4-2-3-12(13)8-17/h5-7,12-13H,2-4,8-10,17H2,1H3. The van der Waals surface area contributed by atoms with E-state index < -0.39 is 0 Å². The Labute approximate surface area is 114 Å². The van der Waals surface area contributed by atoms with Gasteiger partial charge in [-0.15, -0.1) is 0 Å². The molecule has 0 bridgehead atoms. The summed E-state index contributed by atoms with van der Waals surface area (Å²) in [5, 5.41) is 0.803. The third-order valence-corrected chi connectivity index (χ3v) is 4.27. The van der Waals surface area contributed by atoms with Crippen LogP contribution in [0.1, 0.15) is 30.4 Å². The van der Waals surface area contributed by atoms with Crippen molar-refractivity contribution in [3.8, 4) is 0 Å². The molecule has 2 atom stereocenters. The Morgan fingerprint density at radius 3 is 2.83 bits per heavy atom. The molecule has 0 aliphatic heterocycles. The van der Waals surface area contributed by atoms with Crippen LogP contribution in [0.5, 0.6) is 0 Å². The lowest BCUT2D eigenvalue weighted by Gasteiger charge is -2.18. The lowest BCUT2D eigenvalue weighted by molar-refractivity contribution is 0.0754. The molecule has 1 aliphatic carbocycles. The van der Waals surface area contributed by atoms with Crippen molar-refractivity contribution in [1.29, 1.82) is 0 Å². The van der Waals surface area contributed by atoms with Crippen LogP contribution < -0.4 is 5.73 Å². The summed E-state index contributed by atoms with van der Waals surface area (Å²) >= 11 is 6.18. The van der Waals surface area contributed by atoms with Crippen LogP contribution in [0.25, 0.3) is 0 Å². The van der Waals surface area contributed by atoms with Crippen LogP contribution in [0, 0.1) is 18.8 Å². The van der Waals surface area contributed by atoms with Crippen molar-refractivity contribution in [3.63, 3.8) is 0 Å². The summed E-state index contributed by atoms with van der Waals surface area (Å²) in [5.41, 5.74) is 8.03. The zero-order valence-electron chi connectivity index (χ0n) is 11.0. The average Bonchev–Trinajstić information content (AvgIpc) is 2.79. The number of ether oxygens (including phenoxy) is 1. The van der Waals surface area contributed by atoms with E-state index in [0.29, 0.717) is 18.4 Å². The molecule has 1 fully saturated rings. The van der Waals surface area contributed by atoms with Crippen molar-refractivity contribution in [2.45, 2.75) is 32.8 Å². The van der Waals surface area contributed by atoms with Crippen molar-refractivity contribution in [2.75, 3.05) is 13.2 Å². The monoisotopic (exact) mass is 267 g/mol. The Morgan fingerprint density at radius 2 is 2.11 bits per heavy atom. The first-order chi connectivity index (χ1) is 8.70. The quantitative estimate of drug-likeness (QED) is 0.886. The fourth-order valence-corrected chi connectivity index (χ4v) is 3.02. The van der Waals surface area contributed by atoms with Gasteiger partial charge in [0.15, 0.2) is 0 Å². The predicted octanol–water partition coefficient (Wildman–Crippen LogP) is 3.54. The zero-order chi connectivity index (χ0) is 13.0. The van der Waals surface area contributed by atoms with E-state index in [0.717, 1.165) is 23.7 Å². The molecule has 2 unspecified atom stereocenters. The first-order valence-corrected chi connectivity index (χ1v) is 7.11. The maximum absolute atomic E-state index is 6.18. The number of aryl methyl sites for hydroxylation is 1. The SMILES string of the molecule is Cc1ccc(COCC2CCCC2CN)c(Cl)c1. The first kappa shape index (κ1) is 13.9. The van der Waals surface area contributed by atoms with Gasteiger partial charge in [0.25, 0.3) is 0 Å². The van der Waals surface area contributed by atoms with Crippen LogP contribution in [0.4, 0.5) is 0 Å². The second-order valence-corrected chi connectivity index (χ2v) is 5.70. The van der Waals surface area contributed by atoms with Crippen LogP contribution >= 0.6 is 11.6 Å². The lowest BCUT2D eigenvalue weighted by atomic mass is 9.97. The molecule has 2 N–H and O–H groups in total. The number of rotatable bonds is 5. The van der Waals surface area contributed by atoms with Crippen LogP contribution in [0.3, 0.4) is 0 Å². The minimum absolute atomic E-state index is 0.604.